The van der Waals surface area contributed by atoms with Gasteiger partial charge in [-0.3, -0.25) is 0 Å². The van der Waals surface area contributed by atoms with Crippen LogP contribution in [0.4, 0.5) is 5.69 Å². The Morgan fingerprint density at radius 1 is 1.40 bits per heavy atom. The van der Waals surface area contributed by atoms with Crippen molar-refractivity contribution >= 4 is 27.2 Å². The van der Waals surface area contributed by atoms with Gasteiger partial charge in [-0.2, -0.15) is 0 Å². The summed E-state index contributed by atoms with van der Waals surface area (Å²) in [7, 11) is 0. The number of fused-ring (bicyclic) bond motifs is 1. The van der Waals surface area contributed by atoms with Gasteiger partial charge in [-0.15, -0.1) is 11.3 Å². The van der Waals surface area contributed by atoms with E-state index in [0.29, 0.717) is 0 Å². The third-order valence-corrected chi connectivity index (χ3v) is 3.49. The van der Waals surface area contributed by atoms with Crippen molar-refractivity contribution < 1.29 is 0 Å². The molecular formula is C12H16N2S. The van der Waals surface area contributed by atoms with Crippen molar-refractivity contribution in [3.8, 4) is 0 Å². The molecule has 80 valence electrons. The van der Waals surface area contributed by atoms with Crippen molar-refractivity contribution in [1.29, 1.82) is 0 Å². The van der Waals surface area contributed by atoms with E-state index in [9.17, 15) is 0 Å². The van der Waals surface area contributed by atoms with Crippen molar-refractivity contribution in [3.05, 3.63) is 23.7 Å². The predicted molar refractivity (Wildman–Crippen MR) is 67.6 cm³/mol. The van der Waals surface area contributed by atoms with Gasteiger partial charge in [0.05, 0.1) is 15.7 Å². The van der Waals surface area contributed by atoms with Crippen molar-refractivity contribution in [2.45, 2.75) is 32.7 Å². The minimum Gasteiger partial charge on any atom is -0.380 e. The molecular weight excluding hydrogens is 204 g/mol. The van der Waals surface area contributed by atoms with Crippen LogP contribution < -0.4 is 5.32 Å². The lowest BCUT2D eigenvalue weighted by Crippen LogP contribution is -2.29. The summed E-state index contributed by atoms with van der Waals surface area (Å²) in [6, 6.07) is 6.34. The highest BCUT2D eigenvalue weighted by Crippen LogP contribution is 2.24. The van der Waals surface area contributed by atoms with Crippen LogP contribution in [-0.2, 0) is 0 Å². The van der Waals surface area contributed by atoms with Gasteiger partial charge in [0.15, 0.2) is 0 Å². The number of nitrogens with one attached hydrogen (secondary N) is 1. The molecule has 0 radical (unpaired) electrons. The number of thiazole rings is 1. The molecule has 15 heavy (non-hydrogen) atoms. The Labute approximate surface area is 94.3 Å². The van der Waals surface area contributed by atoms with Crippen LogP contribution in [0, 0.1) is 0 Å². The van der Waals surface area contributed by atoms with Gasteiger partial charge >= 0.3 is 0 Å². The normalized spacial score (nSPS) is 11.9. The van der Waals surface area contributed by atoms with E-state index < -0.39 is 0 Å². The van der Waals surface area contributed by atoms with E-state index >= 15 is 0 Å². The van der Waals surface area contributed by atoms with E-state index in [1.54, 1.807) is 11.3 Å². The van der Waals surface area contributed by atoms with Gasteiger partial charge < -0.3 is 5.32 Å². The van der Waals surface area contributed by atoms with Crippen LogP contribution in [0.1, 0.15) is 27.2 Å². The molecule has 2 rings (SSSR count). The number of nitrogens with zero attached hydrogens (tertiary/aromatic N) is 1. The van der Waals surface area contributed by atoms with Gasteiger partial charge in [0.1, 0.15) is 0 Å². The first-order chi connectivity index (χ1) is 7.11. The highest BCUT2D eigenvalue weighted by atomic mass is 32.1. The van der Waals surface area contributed by atoms with Gasteiger partial charge in [0, 0.05) is 11.2 Å². The van der Waals surface area contributed by atoms with Gasteiger partial charge in [0.25, 0.3) is 0 Å². The zero-order chi connectivity index (χ0) is 10.9. The maximum atomic E-state index is 4.27. The van der Waals surface area contributed by atoms with Crippen LogP contribution in [0.25, 0.3) is 10.2 Å². The summed E-state index contributed by atoms with van der Waals surface area (Å²) in [6.45, 7) is 6.62. The molecule has 0 aliphatic rings. The lowest BCUT2D eigenvalue weighted by atomic mass is 10.0. The Morgan fingerprint density at radius 2 is 2.20 bits per heavy atom. The molecule has 0 saturated heterocycles. The number of benzene rings is 1. The maximum Gasteiger partial charge on any atom is 0.0813 e. The second-order valence-corrected chi connectivity index (χ2v) is 5.28. The summed E-state index contributed by atoms with van der Waals surface area (Å²) in [5.74, 6) is 0. The molecule has 0 saturated carbocycles. The summed E-state index contributed by atoms with van der Waals surface area (Å²) >= 11 is 1.68. The minimum atomic E-state index is 0.151. The lowest BCUT2D eigenvalue weighted by Gasteiger charge is -2.25. The van der Waals surface area contributed by atoms with Gasteiger partial charge in [0.2, 0.25) is 0 Å². The fourth-order valence-corrected chi connectivity index (χ4v) is 2.13. The average molecular weight is 220 g/mol. The zero-order valence-electron chi connectivity index (χ0n) is 9.37. The molecule has 0 bridgehead atoms. The topological polar surface area (TPSA) is 24.9 Å². The Kier molecular flexibility index (Phi) is 2.65. The fourth-order valence-electron chi connectivity index (χ4n) is 1.41. The maximum absolute atomic E-state index is 4.27. The highest BCUT2D eigenvalue weighted by Gasteiger charge is 2.14. The van der Waals surface area contributed by atoms with Gasteiger partial charge in [-0.25, -0.2) is 4.98 Å². The lowest BCUT2D eigenvalue weighted by molar-refractivity contribution is 0.547. The molecule has 1 heterocycles. The summed E-state index contributed by atoms with van der Waals surface area (Å²) < 4.78 is 1.24. The predicted octanol–water partition coefficient (Wildman–Crippen LogP) is 3.90. The minimum absolute atomic E-state index is 0.151. The largest absolute Gasteiger partial charge is 0.380 e. The first kappa shape index (κ1) is 10.4. The Bertz CT molecular complexity index is 459. The second kappa shape index (κ2) is 3.81. The molecule has 0 atom stereocenters. The third kappa shape index (κ3) is 2.29. The Morgan fingerprint density at radius 3 is 2.93 bits per heavy atom. The summed E-state index contributed by atoms with van der Waals surface area (Å²) in [5, 5.41) is 3.53. The van der Waals surface area contributed by atoms with Gasteiger partial charge in [-0.05, 0) is 38.5 Å². The van der Waals surface area contributed by atoms with Crippen LogP contribution in [0.5, 0.6) is 0 Å². The SMILES string of the molecule is CCC(C)(C)Nc1ccc2ncsc2c1. The molecule has 1 aromatic heterocycles. The van der Waals surface area contributed by atoms with E-state index in [-0.39, 0.29) is 5.54 Å². The van der Waals surface area contributed by atoms with Crippen molar-refractivity contribution in [2.24, 2.45) is 0 Å². The first-order valence-corrected chi connectivity index (χ1v) is 6.10. The number of hydrogen-bond acceptors (Lipinski definition) is 3. The molecule has 1 aromatic carbocycles. The Hall–Kier alpha value is -1.09. The van der Waals surface area contributed by atoms with E-state index in [2.05, 4.69) is 49.3 Å². The summed E-state index contributed by atoms with van der Waals surface area (Å²) in [6.07, 6.45) is 1.10. The second-order valence-electron chi connectivity index (χ2n) is 4.40. The molecule has 0 aliphatic carbocycles. The van der Waals surface area contributed by atoms with Crippen molar-refractivity contribution in [1.82, 2.24) is 4.98 Å². The molecule has 1 N–H and O–H groups in total. The van der Waals surface area contributed by atoms with Crippen LogP contribution >= 0.6 is 11.3 Å². The van der Waals surface area contributed by atoms with Crippen LogP contribution in [0.3, 0.4) is 0 Å². The summed E-state index contributed by atoms with van der Waals surface area (Å²) in [4.78, 5) is 4.27. The van der Waals surface area contributed by atoms with E-state index in [0.717, 1.165) is 11.9 Å². The Balaban J connectivity index is 2.28. The van der Waals surface area contributed by atoms with E-state index in [1.807, 2.05) is 5.51 Å². The highest BCUT2D eigenvalue weighted by molar-refractivity contribution is 7.16. The number of anilines is 1. The third-order valence-electron chi connectivity index (χ3n) is 2.70. The van der Waals surface area contributed by atoms with E-state index in [1.165, 1.54) is 10.4 Å². The first-order valence-electron chi connectivity index (χ1n) is 5.22. The molecule has 0 amide bonds. The molecule has 2 nitrogen and oxygen atoms in total. The van der Waals surface area contributed by atoms with Gasteiger partial charge in [-0.1, -0.05) is 6.92 Å². The molecule has 0 fully saturated rings. The standard InChI is InChI=1S/C12H16N2S/c1-4-12(2,3)14-9-5-6-10-11(7-9)15-8-13-10/h5-8,14H,4H2,1-3H3. The smallest absolute Gasteiger partial charge is 0.0813 e. The van der Waals surface area contributed by atoms with Crippen molar-refractivity contribution in [3.63, 3.8) is 0 Å². The molecule has 3 heteroatoms. The fraction of sp³-hybridized carbons (Fsp3) is 0.417. The zero-order valence-corrected chi connectivity index (χ0v) is 10.2. The number of aromatic nitrogens is 1. The molecule has 0 aliphatic heterocycles. The van der Waals surface area contributed by atoms with Crippen LogP contribution in [-0.4, -0.2) is 10.5 Å². The molecule has 0 spiro atoms. The average Bonchev–Trinajstić information content (AvgIpc) is 2.64. The molecule has 2 aromatic rings. The quantitative estimate of drug-likeness (QED) is 0.848. The van der Waals surface area contributed by atoms with Crippen molar-refractivity contribution in [2.75, 3.05) is 5.32 Å². The number of hydrogen-bond donors (Lipinski definition) is 1. The monoisotopic (exact) mass is 220 g/mol. The molecule has 0 unspecified atom stereocenters. The van der Waals surface area contributed by atoms with E-state index in [4.69, 9.17) is 0 Å². The van der Waals surface area contributed by atoms with Crippen LogP contribution in [0.2, 0.25) is 0 Å². The number of rotatable bonds is 3. The summed E-state index contributed by atoms with van der Waals surface area (Å²) in [5.41, 5.74) is 4.30. The van der Waals surface area contributed by atoms with Crippen LogP contribution in [0.15, 0.2) is 23.7 Å².